The van der Waals surface area contributed by atoms with Crippen LogP contribution in [0.4, 0.5) is 0 Å². The van der Waals surface area contributed by atoms with Crippen molar-refractivity contribution in [1.82, 2.24) is 15.1 Å². The zero-order valence-corrected chi connectivity index (χ0v) is 15.8. The van der Waals surface area contributed by atoms with E-state index in [2.05, 4.69) is 21.7 Å². The molecule has 2 aliphatic heterocycles. The number of hydrogen-bond acceptors (Lipinski definition) is 4. The van der Waals surface area contributed by atoms with Crippen LogP contribution in [0.3, 0.4) is 0 Å². The van der Waals surface area contributed by atoms with Crippen LogP contribution in [-0.2, 0) is 17.8 Å². The molecular weight excluding hydrogens is 342 g/mol. The van der Waals surface area contributed by atoms with Crippen LogP contribution in [0.1, 0.15) is 36.1 Å². The second-order valence-electron chi connectivity index (χ2n) is 7.34. The molecule has 6 heteroatoms. The molecule has 134 valence electrons. The molecule has 1 aliphatic carbocycles. The summed E-state index contributed by atoms with van der Waals surface area (Å²) >= 11 is 1.83. The molecule has 4 rings (SSSR count). The number of piperidine rings is 1. The van der Waals surface area contributed by atoms with E-state index >= 15 is 0 Å². The fourth-order valence-corrected chi connectivity index (χ4v) is 4.59. The van der Waals surface area contributed by atoms with Crippen LogP contribution in [0.5, 0.6) is 0 Å². The Kier molecular flexibility index (Phi) is 6.19. The van der Waals surface area contributed by atoms with Crippen LogP contribution < -0.4 is 5.32 Å². The molecule has 1 aromatic heterocycles. The first-order chi connectivity index (χ1) is 11.3. The molecule has 24 heavy (non-hydrogen) atoms. The average molecular weight is 370 g/mol. The first kappa shape index (κ1) is 18.2. The van der Waals surface area contributed by atoms with E-state index in [9.17, 15) is 4.79 Å². The van der Waals surface area contributed by atoms with Crippen LogP contribution in [0.2, 0.25) is 0 Å². The molecule has 1 saturated carbocycles. The van der Waals surface area contributed by atoms with Gasteiger partial charge in [-0.2, -0.15) is 0 Å². The maximum Gasteiger partial charge on any atom is 0.237 e. The fourth-order valence-electron chi connectivity index (χ4n) is 3.70. The Morgan fingerprint density at radius 3 is 2.75 bits per heavy atom. The van der Waals surface area contributed by atoms with E-state index in [0.717, 1.165) is 38.5 Å². The molecule has 3 heterocycles. The summed E-state index contributed by atoms with van der Waals surface area (Å²) in [7, 11) is 0. The summed E-state index contributed by atoms with van der Waals surface area (Å²) in [4.78, 5) is 18.4. The van der Waals surface area contributed by atoms with Gasteiger partial charge in [-0.25, -0.2) is 0 Å². The number of rotatable bonds is 5. The zero-order valence-electron chi connectivity index (χ0n) is 14.2. The number of carbonyl (C=O) groups excluding carboxylic acids is 1. The topological polar surface area (TPSA) is 35.6 Å². The summed E-state index contributed by atoms with van der Waals surface area (Å²) < 4.78 is 0. The van der Waals surface area contributed by atoms with Gasteiger partial charge in [0, 0.05) is 37.1 Å². The molecule has 0 radical (unpaired) electrons. The lowest BCUT2D eigenvalue weighted by molar-refractivity contribution is -0.133. The molecule has 1 saturated heterocycles. The number of fused-ring (bicyclic) bond motifs is 1. The Balaban J connectivity index is 0.00000169. The monoisotopic (exact) mass is 369 g/mol. The number of likely N-dealkylation sites (tertiary alicyclic amines) is 1. The van der Waals surface area contributed by atoms with E-state index < -0.39 is 0 Å². The maximum absolute atomic E-state index is 12.6. The van der Waals surface area contributed by atoms with Crippen molar-refractivity contribution in [2.75, 3.05) is 32.7 Å². The third kappa shape index (κ3) is 4.51. The highest BCUT2D eigenvalue weighted by Gasteiger charge is 2.27. The van der Waals surface area contributed by atoms with Crippen LogP contribution in [-0.4, -0.2) is 54.5 Å². The van der Waals surface area contributed by atoms with Gasteiger partial charge in [0.2, 0.25) is 5.91 Å². The van der Waals surface area contributed by atoms with E-state index in [0.29, 0.717) is 18.5 Å². The van der Waals surface area contributed by atoms with Crippen LogP contribution in [0, 0.1) is 5.92 Å². The lowest BCUT2D eigenvalue weighted by atomic mass is 10.0. The van der Waals surface area contributed by atoms with Crippen molar-refractivity contribution in [3.05, 3.63) is 21.9 Å². The summed E-state index contributed by atoms with van der Waals surface area (Å²) in [6, 6.07) is 2.85. The first-order valence-electron chi connectivity index (χ1n) is 9.06. The standard InChI is InChI=1S/C18H27N3OS.ClH/c22-18(21-9-5-17-15(12-21)6-10-23-17)13-20-7-3-16(4-8-20)19-11-14-1-2-14;/h6,10,14,16,19H,1-5,7-9,11-13H2;1H. The van der Waals surface area contributed by atoms with Crippen molar-refractivity contribution < 1.29 is 4.79 Å². The average Bonchev–Trinajstić information content (AvgIpc) is 3.29. The Morgan fingerprint density at radius 1 is 1.21 bits per heavy atom. The predicted octanol–water partition coefficient (Wildman–Crippen LogP) is 2.52. The van der Waals surface area contributed by atoms with Crippen molar-refractivity contribution in [2.45, 2.75) is 44.7 Å². The molecule has 0 aromatic carbocycles. The van der Waals surface area contributed by atoms with Gasteiger partial charge in [0.15, 0.2) is 0 Å². The molecule has 0 spiro atoms. The van der Waals surface area contributed by atoms with Crippen LogP contribution >= 0.6 is 23.7 Å². The van der Waals surface area contributed by atoms with Gasteiger partial charge >= 0.3 is 0 Å². The number of hydrogen-bond donors (Lipinski definition) is 1. The molecule has 0 unspecified atom stereocenters. The van der Waals surface area contributed by atoms with E-state index in [4.69, 9.17) is 0 Å². The quantitative estimate of drug-likeness (QED) is 0.866. The molecule has 4 nitrogen and oxygen atoms in total. The number of amides is 1. The predicted molar refractivity (Wildman–Crippen MR) is 101 cm³/mol. The highest BCUT2D eigenvalue weighted by atomic mass is 35.5. The minimum absolute atomic E-state index is 0. The Bertz CT molecular complexity index is 552. The van der Waals surface area contributed by atoms with Gasteiger partial charge in [-0.05, 0) is 61.6 Å². The fraction of sp³-hybridized carbons (Fsp3) is 0.722. The van der Waals surface area contributed by atoms with Gasteiger partial charge in [-0.15, -0.1) is 23.7 Å². The number of halogens is 1. The molecule has 3 aliphatic rings. The molecular formula is C18H28ClN3OS. The summed E-state index contributed by atoms with van der Waals surface area (Å²) in [5.74, 6) is 1.27. The smallest absolute Gasteiger partial charge is 0.237 e. The van der Waals surface area contributed by atoms with Crippen molar-refractivity contribution >= 4 is 29.7 Å². The lowest BCUT2D eigenvalue weighted by Crippen LogP contribution is -2.47. The van der Waals surface area contributed by atoms with E-state index in [1.54, 1.807) is 0 Å². The van der Waals surface area contributed by atoms with Gasteiger partial charge in [0.05, 0.1) is 6.54 Å². The van der Waals surface area contributed by atoms with E-state index in [1.165, 1.54) is 42.7 Å². The summed E-state index contributed by atoms with van der Waals surface area (Å²) in [5, 5.41) is 5.86. The van der Waals surface area contributed by atoms with E-state index in [1.807, 2.05) is 16.2 Å². The summed E-state index contributed by atoms with van der Waals surface area (Å²) in [6.45, 7) is 5.65. The largest absolute Gasteiger partial charge is 0.337 e. The van der Waals surface area contributed by atoms with Crippen molar-refractivity contribution in [3.63, 3.8) is 0 Å². The van der Waals surface area contributed by atoms with Gasteiger partial charge in [-0.1, -0.05) is 0 Å². The minimum atomic E-state index is 0. The van der Waals surface area contributed by atoms with Gasteiger partial charge in [-0.3, -0.25) is 9.69 Å². The minimum Gasteiger partial charge on any atom is -0.337 e. The third-order valence-electron chi connectivity index (χ3n) is 5.50. The Morgan fingerprint density at radius 2 is 2.00 bits per heavy atom. The first-order valence-corrected chi connectivity index (χ1v) is 9.94. The highest BCUT2D eigenvalue weighted by Crippen LogP contribution is 2.28. The summed E-state index contributed by atoms with van der Waals surface area (Å²) in [6.07, 6.45) is 6.25. The lowest BCUT2D eigenvalue weighted by Gasteiger charge is -2.34. The van der Waals surface area contributed by atoms with Crippen molar-refractivity contribution in [1.29, 1.82) is 0 Å². The Hall–Kier alpha value is -0.620. The van der Waals surface area contributed by atoms with Crippen LogP contribution in [0.25, 0.3) is 0 Å². The summed E-state index contributed by atoms with van der Waals surface area (Å²) in [5.41, 5.74) is 1.36. The molecule has 1 amide bonds. The normalized spacial score (nSPS) is 22.1. The Labute approximate surface area is 155 Å². The molecule has 1 aromatic rings. The third-order valence-corrected chi connectivity index (χ3v) is 6.52. The molecule has 0 bridgehead atoms. The number of nitrogens with one attached hydrogen (secondary N) is 1. The number of carbonyl (C=O) groups is 1. The number of thiophene rings is 1. The van der Waals surface area contributed by atoms with Crippen LogP contribution in [0.15, 0.2) is 11.4 Å². The SMILES string of the molecule is Cl.O=C(CN1CCC(NCC2CC2)CC1)N1CCc2sccc2C1. The van der Waals surface area contributed by atoms with Gasteiger partial charge < -0.3 is 10.2 Å². The van der Waals surface area contributed by atoms with Crippen molar-refractivity contribution in [3.8, 4) is 0 Å². The zero-order chi connectivity index (χ0) is 15.6. The molecule has 2 fully saturated rings. The van der Waals surface area contributed by atoms with Gasteiger partial charge in [0.1, 0.15) is 0 Å². The molecule has 0 atom stereocenters. The number of nitrogens with zero attached hydrogens (tertiary/aromatic N) is 2. The second-order valence-corrected chi connectivity index (χ2v) is 8.34. The maximum atomic E-state index is 12.6. The van der Waals surface area contributed by atoms with Crippen molar-refractivity contribution in [2.24, 2.45) is 5.92 Å². The van der Waals surface area contributed by atoms with Gasteiger partial charge in [0.25, 0.3) is 0 Å². The molecule has 1 N–H and O–H groups in total. The van der Waals surface area contributed by atoms with E-state index in [-0.39, 0.29) is 12.4 Å². The second kappa shape index (κ2) is 8.17. The highest BCUT2D eigenvalue weighted by molar-refractivity contribution is 7.10.